The summed E-state index contributed by atoms with van der Waals surface area (Å²) < 4.78 is 5.63. The van der Waals surface area contributed by atoms with Gasteiger partial charge in [-0.15, -0.1) is 0 Å². The lowest BCUT2D eigenvalue weighted by Crippen LogP contribution is -2.30. The Labute approximate surface area is 147 Å². The van der Waals surface area contributed by atoms with Gasteiger partial charge < -0.3 is 10.1 Å². The number of carbonyl (C=O) groups excluding carboxylic acids is 1. The van der Waals surface area contributed by atoms with Gasteiger partial charge in [-0.25, -0.2) is 0 Å². The van der Waals surface area contributed by atoms with Crippen LogP contribution in [0.1, 0.15) is 37.8 Å². The molecule has 0 aliphatic rings. The number of nitro groups is 1. The van der Waals surface area contributed by atoms with Crippen molar-refractivity contribution in [2.24, 2.45) is 0 Å². The summed E-state index contributed by atoms with van der Waals surface area (Å²) in [5.41, 5.74) is 2.32. The van der Waals surface area contributed by atoms with Gasteiger partial charge in [-0.05, 0) is 43.5 Å². The number of ether oxygens (including phenoxy) is 1. The monoisotopic (exact) mass is 342 g/mol. The molecule has 132 valence electrons. The maximum absolute atomic E-state index is 12.4. The van der Waals surface area contributed by atoms with E-state index in [0.29, 0.717) is 11.3 Å². The first-order valence-corrected chi connectivity index (χ1v) is 8.11. The Balaban J connectivity index is 2.09. The van der Waals surface area contributed by atoms with Crippen LogP contribution in [-0.4, -0.2) is 16.9 Å². The molecule has 0 aliphatic heterocycles. The number of amides is 1. The fourth-order valence-electron chi connectivity index (χ4n) is 2.51. The van der Waals surface area contributed by atoms with E-state index in [2.05, 4.69) is 19.2 Å². The minimum atomic E-state index is -0.735. The van der Waals surface area contributed by atoms with Gasteiger partial charge in [0.05, 0.1) is 4.92 Å². The van der Waals surface area contributed by atoms with Gasteiger partial charge in [0.2, 0.25) is 0 Å². The summed E-state index contributed by atoms with van der Waals surface area (Å²) in [6.07, 6.45) is -0.735. The third kappa shape index (κ3) is 4.56. The number of para-hydroxylation sites is 1. The van der Waals surface area contributed by atoms with Gasteiger partial charge in [0.1, 0.15) is 5.75 Å². The molecule has 0 aliphatic carbocycles. The Bertz CT molecular complexity index is 787. The van der Waals surface area contributed by atoms with Crippen LogP contribution in [0.3, 0.4) is 0 Å². The lowest BCUT2D eigenvalue weighted by molar-refractivity contribution is -0.385. The summed E-state index contributed by atoms with van der Waals surface area (Å²) >= 11 is 0. The van der Waals surface area contributed by atoms with Crippen molar-refractivity contribution in [2.75, 3.05) is 5.32 Å². The summed E-state index contributed by atoms with van der Waals surface area (Å²) in [4.78, 5) is 22.8. The third-order valence-corrected chi connectivity index (χ3v) is 3.89. The van der Waals surface area contributed by atoms with Crippen molar-refractivity contribution < 1.29 is 14.5 Å². The van der Waals surface area contributed by atoms with Crippen LogP contribution in [0.5, 0.6) is 5.75 Å². The Kier molecular flexibility index (Phi) is 5.75. The molecule has 2 rings (SSSR count). The van der Waals surface area contributed by atoms with Crippen molar-refractivity contribution in [3.8, 4) is 5.75 Å². The van der Waals surface area contributed by atoms with Gasteiger partial charge in [-0.1, -0.05) is 32.0 Å². The summed E-state index contributed by atoms with van der Waals surface area (Å²) in [5.74, 6) is 0.428. The molecule has 0 spiro atoms. The Hall–Kier alpha value is -2.89. The predicted octanol–water partition coefficient (Wildman–Crippen LogP) is 4.43. The van der Waals surface area contributed by atoms with Crippen molar-refractivity contribution in [3.63, 3.8) is 0 Å². The molecular formula is C19H22N2O4. The Morgan fingerprint density at radius 1 is 1.16 bits per heavy atom. The minimum Gasteiger partial charge on any atom is -0.481 e. The molecule has 2 aromatic rings. The number of benzene rings is 2. The maximum atomic E-state index is 12.4. The number of hydrogen-bond acceptors (Lipinski definition) is 4. The number of hydrogen-bond donors (Lipinski definition) is 1. The second kappa shape index (κ2) is 7.79. The third-order valence-electron chi connectivity index (χ3n) is 3.89. The van der Waals surface area contributed by atoms with Gasteiger partial charge in [0.25, 0.3) is 11.6 Å². The highest BCUT2D eigenvalue weighted by molar-refractivity contribution is 5.94. The van der Waals surface area contributed by atoms with E-state index < -0.39 is 11.0 Å². The summed E-state index contributed by atoms with van der Waals surface area (Å²) in [7, 11) is 0. The number of anilines is 1. The summed E-state index contributed by atoms with van der Waals surface area (Å²) in [5, 5.41) is 13.7. The molecule has 0 saturated heterocycles. The van der Waals surface area contributed by atoms with Crippen LogP contribution < -0.4 is 10.1 Å². The van der Waals surface area contributed by atoms with Crippen LogP contribution in [0.15, 0.2) is 42.5 Å². The van der Waals surface area contributed by atoms with Gasteiger partial charge >= 0.3 is 0 Å². The Morgan fingerprint density at radius 3 is 2.44 bits per heavy atom. The average molecular weight is 342 g/mol. The average Bonchev–Trinajstić information content (AvgIpc) is 2.54. The second-order valence-corrected chi connectivity index (χ2v) is 6.20. The van der Waals surface area contributed by atoms with Crippen molar-refractivity contribution in [2.45, 2.75) is 39.7 Å². The van der Waals surface area contributed by atoms with Crippen molar-refractivity contribution >= 4 is 17.3 Å². The van der Waals surface area contributed by atoms with Crippen LogP contribution in [-0.2, 0) is 4.79 Å². The molecule has 6 heteroatoms. The zero-order valence-electron chi connectivity index (χ0n) is 14.8. The molecule has 0 heterocycles. The highest BCUT2D eigenvalue weighted by Gasteiger charge is 2.18. The van der Waals surface area contributed by atoms with E-state index in [1.165, 1.54) is 12.1 Å². The first kappa shape index (κ1) is 18.4. The number of aryl methyl sites for hydroxylation is 1. The molecule has 0 saturated carbocycles. The minimum absolute atomic E-state index is 0.0234. The molecule has 25 heavy (non-hydrogen) atoms. The Morgan fingerprint density at radius 2 is 1.84 bits per heavy atom. The fourth-order valence-corrected chi connectivity index (χ4v) is 2.51. The van der Waals surface area contributed by atoms with Gasteiger partial charge in [0, 0.05) is 17.3 Å². The maximum Gasteiger partial charge on any atom is 0.272 e. The number of nitrogens with zero attached hydrogens (tertiary/aromatic N) is 1. The van der Waals surface area contributed by atoms with Crippen LogP contribution in [0, 0.1) is 17.0 Å². The van der Waals surface area contributed by atoms with Crippen LogP contribution in [0.25, 0.3) is 0 Å². The normalized spacial score (nSPS) is 11.9. The zero-order chi connectivity index (χ0) is 18.6. The molecule has 1 N–H and O–H groups in total. The number of rotatable bonds is 6. The van der Waals surface area contributed by atoms with E-state index in [9.17, 15) is 14.9 Å². The van der Waals surface area contributed by atoms with Crippen LogP contribution in [0.4, 0.5) is 11.4 Å². The molecule has 0 fully saturated rings. The molecule has 0 bridgehead atoms. The molecule has 0 radical (unpaired) electrons. The summed E-state index contributed by atoms with van der Waals surface area (Å²) in [6, 6.07) is 12.1. The van der Waals surface area contributed by atoms with Crippen molar-refractivity contribution in [3.05, 3.63) is 63.7 Å². The van der Waals surface area contributed by atoms with Crippen molar-refractivity contribution in [1.82, 2.24) is 0 Å². The van der Waals surface area contributed by atoms with Crippen LogP contribution >= 0.6 is 0 Å². The molecule has 6 nitrogen and oxygen atoms in total. The van der Waals surface area contributed by atoms with E-state index in [-0.39, 0.29) is 17.5 Å². The smallest absolute Gasteiger partial charge is 0.272 e. The fraction of sp³-hybridized carbons (Fsp3) is 0.316. The number of nitro benzene ring substituents is 1. The van der Waals surface area contributed by atoms with E-state index in [1.807, 2.05) is 24.3 Å². The lowest BCUT2D eigenvalue weighted by Gasteiger charge is -2.18. The van der Waals surface area contributed by atoms with E-state index in [4.69, 9.17) is 4.74 Å². The molecule has 0 unspecified atom stereocenters. The molecule has 2 aromatic carbocycles. The number of carbonyl (C=O) groups is 1. The zero-order valence-corrected chi connectivity index (χ0v) is 14.8. The second-order valence-electron chi connectivity index (χ2n) is 6.20. The van der Waals surface area contributed by atoms with Gasteiger partial charge in [-0.3, -0.25) is 14.9 Å². The SMILES string of the molecule is Cc1cc(O[C@@H](C)C(=O)Nc2ccccc2C(C)C)ccc1[N+](=O)[O-]. The first-order chi connectivity index (χ1) is 11.8. The van der Waals surface area contributed by atoms with E-state index in [1.54, 1.807) is 19.9 Å². The van der Waals surface area contributed by atoms with Crippen molar-refractivity contribution in [1.29, 1.82) is 0 Å². The van der Waals surface area contributed by atoms with Crippen LogP contribution in [0.2, 0.25) is 0 Å². The van der Waals surface area contributed by atoms with E-state index in [0.717, 1.165) is 11.3 Å². The van der Waals surface area contributed by atoms with Gasteiger partial charge in [-0.2, -0.15) is 0 Å². The van der Waals surface area contributed by atoms with E-state index >= 15 is 0 Å². The quantitative estimate of drug-likeness (QED) is 0.622. The molecule has 0 aromatic heterocycles. The first-order valence-electron chi connectivity index (χ1n) is 8.11. The highest BCUT2D eigenvalue weighted by Crippen LogP contribution is 2.25. The highest BCUT2D eigenvalue weighted by atomic mass is 16.6. The predicted molar refractivity (Wildman–Crippen MR) is 97.1 cm³/mol. The molecule has 1 amide bonds. The topological polar surface area (TPSA) is 81.5 Å². The summed E-state index contributed by atoms with van der Waals surface area (Å²) in [6.45, 7) is 7.40. The molecular weight excluding hydrogens is 320 g/mol. The lowest BCUT2D eigenvalue weighted by atomic mass is 10.0. The largest absolute Gasteiger partial charge is 0.481 e. The number of nitrogens with one attached hydrogen (secondary N) is 1. The standard InChI is InChI=1S/C19H22N2O4/c1-12(2)16-7-5-6-8-17(16)20-19(22)14(4)25-15-9-10-18(21(23)24)13(3)11-15/h5-12,14H,1-4H3,(H,20,22)/t14-/m0/s1. The van der Waals surface area contributed by atoms with Gasteiger partial charge in [0.15, 0.2) is 6.10 Å². The molecule has 1 atom stereocenters.